The van der Waals surface area contributed by atoms with Crippen LogP contribution in [-0.2, 0) is 31.0 Å². The van der Waals surface area contributed by atoms with Gasteiger partial charge in [-0.2, -0.15) is 0 Å². The number of carbonyl (C=O) groups excluding carboxylic acids is 3. The lowest BCUT2D eigenvalue weighted by Crippen LogP contribution is -2.58. The molecule has 50 heavy (non-hydrogen) atoms. The van der Waals surface area contributed by atoms with E-state index in [9.17, 15) is 27.2 Å². The molecule has 2 saturated heterocycles. The summed E-state index contributed by atoms with van der Waals surface area (Å²) in [6.07, 6.45) is 6.65. The van der Waals surface area contributed by atoms with Crippen LogP contribution in [0.25, 0.3) is 10.2 Å². The third-order valence-electron chi connectivity index (χ3n) is 10.9. The first kappa shape index (κ1) is 34.8. The molecule has 0 bridgehead atoms. The van der Waals surface area contributed by atoms with Crippen molar-refractivity contribution >= 4 is 49.3 Å². The summed E-state index contributed by atoms with van der Waals surface area (Å²) in [4.78, 5) is 48.5. The number of fused-ring (bicyclic) bond motifs is 3. The van der Waals surface area contributed by atoms with Gasteiger partial charge in [-0.05, 0) is 68.7 Å². The molecule has 2 aliphatic heterocycles. The Kier molecular flexibility index (Phi) is 9.63. The van der Waals surface area contributed by atoms with Crippen molar-refractivity contribution in [2.75, 3.05) is 6.54 Å². The first-order chi connectivity index (χ1) is 24.0. The van der Waals surface area contributed by atoms with E-state index in [0.717, 1.165) is 37.7 Å². The Morgan fingerprint density at radius 3 is 2.58 bits per heavy atom. The molecule has 0 unspecified atom stereocenters. The van der Waals surface area contributed by atoms with Gasteiger partial charge in [0.25, 0.3) is 11.1 Å². The number of thiazole rings is 1. The zero-order valence-corrected chi connectivity index (χ0v) is 29.8. The van der Waals surface area contributed by atoms with E-state index >= 15 is 0 Å². The van der Waals surface area contributed by atoms with Crippen LogP contribution in [0.5, 0.6) is 5.19 Å². The molecule has 11 nitrogen and oxygen atoms in total. The lowest BCUT2D eigenvalue weighted by molar-refractivity contribution is -0.141. The van der Waals surface area contributed by atoms with Crippen LogP contribution in [0.1, 0.15) is 83.1 Å². The molecule has 268 valence electrons. The highest BCUT2D eigenvalue weighted by Crippen LogP contribution is 2.49. The van der Waals surface area contributed by atoms with Crippen molar-refractivity contribution in [3.05, 3.63) is 59.9 Å². The second kappa shape index (κ2) is 13.8. The van der Waals surface area contributed by atoms with Gasteiger partial charge in [0.05, 0.1) is 27.6 Å². The molecule has 0 spiro atoms. The number of rotatable bonds is 8. The number of benzene rings is 2. The minimum atomic E-state index is -3.92. The van der Waals surface area contributed by atoms with Crippen molar-refractivity contribution in [3.63, 3.8) is 0 Å². The van der Waals surface area contributed by atoms with E-state index in [1.54, 1.807) is 17.9 Å². The maximum atomic E-state index is 14.4. The van der Waals surface area contributed by atoms with Gasteiger partial charge in [-0.15, -0.1) is 0 Å². The molecule has 2 aromatic carbocycles. The average molecular weight is 726 g/mol. The van der Waals surface area contributed by atoms with Crippen LogP contribution in [0.3, 0.4) is 0 Å². The van der Waals surface area contributed by atoms with Gasteiger partial charge < -0.3 is 20.3 Å². The van der Waals surface area contributed by atoms with E-state index in [1.165, 1.54) is 23.5 Å². The normalized spacial score (nSPS) is 28.5. The molecule has 2 saturated carbocycles. The maximum absolute atomic E-state index is 14.4. The maximum Gasteiger partial charge on any atom is 0.274 e. The zero-order valence-electron chi connectivity index (χ0n) is 28.2. The number of aromatic nitrogens is 1. The smallest absolute Gasteiger partial charge is 0.274 e. The van der Waals surface area contributed by atoms with Crippen molar-refractivity contribution in [1.82, 2.24) is 25.2 Å². The monoisotopic (exact) mass is 725 g/mol. The van der Waals surface area contributed by atoms with Crippen LogP contribution in [-0.4, -0.2) is 71.0 Å². The van der Waals surface area contributed by atoms with Gasteiger partial charge >= 0.3 is 0 Å². The predicted octanol–water partition coefficient (Wildman–Crippen LogP) is 4.56. The highest BCUT2D eigenvalue weighted by molar-refractivity contribution is 7.91. The Morgan fingerprint density at radius 1 is 1.08 bits per heavy atom. The van der Waals surface area contributed by atoms with Gasteiger partial charge in [-0.1, -0.05) is 73.8 Å². The fourth-order valence-corrected chi connectivity index (χ4v) is 9.53. The molecule has 3 amide bonds. The number of halogens is 1. The number of amides is 3. The van der Waals surface area contributed by atoms with Crippen LogP contribution < -0.4 is 20.1 Å². The number of sulfonamides is 1. The second-order valence-corrected chi connectivity index (χ2v) is 17.8. The highest BCUT2D eigenvalue weighted by atomic mass is 32.2. The standard InChI is InChI=1S/C36H44FN5O6S2/c1-35(16-17-35)50(46,47)41-33(45)36-20-24(36)12-8-3-2-4-9-13-28(38-21-23-10-6-5-7-11-23)32(44)42-22-26(19-29(42)31(43)40-36)48-34-39-27-15-14-25(37)18-30(27)49-34/h5-7,10-11,14-15,18,24,26,28-29,38H,2-4,8-9,12-13,16-17,19-22H2,1H3,(H,40,43)(H,41,45)/t24-,26-,28+,29+,36-/m1/s1. The molecule has 3 heterocycles. The number of carbonyl (C=O) groups is 3. The average Bonchev–Trinajstić information content (AvgIpc) is 3.90. The second-order valence-electron chi connectivity index (χ2n) is 14.6. The molecule has 14 heteroatoms. The summed E-state index contributed by atoms with van der Waals surface area (Å²) in [6, 6.07) is 12.6. The molecule has 4 fully saturated rings. The Morgan fingerprint density at radius 2 is 1.82 bits per heavy atom. The van der Waals surface area contributed by atoms with Gasteiger partial charge in [0.1, 0.15) is 23.5 Å². The third kappa shape index (κ3) is 7.24. The molecule has 3 N–H and O–H groups in total. The van der Waals surface area contributed by atoms with Gasteiger partial charge in [0.15, 0.2) is 0 Å². The summed E-state index contributed by atoms with van der Waals surface area (Å²) in [7, 11) is -3.92. The molecule has 5 atom stereocenters. The molecular weight excluding hydrogens is 682 g/mol. The summed E-state index contributed by atoms with van der Waals surface area (Å²) in [6.45, 7) is 2.20. The fourth-order valence-electron chi connectivity index (χ4n) is 7.32. The van der Waals surface area contributed by atoms with Crippen LogP contribution in [0.15, 0.2) is 48.5 Å². The fraction of sp³-hybridized carbons (Fsp3) is 0.556. The topological polar surface area (TPSA) is 147 Å². The van der Waals surface area contributed by atoms with E-state index < -0.39 is 50.3 Å². The number of hydrogen-bond donors (Lipinski definition) is 3. The third-order valence-corrected chi connectivity index (χ3v) is 13.9. The van der Waals surface area contributed by atoms with Crippen molar-refractivity contribution in [2.24, 2.45) is 5.92 Å². The molecule has 1 aromatic heterocycles. The summed E-state index contributed by atoms with van der Waals surface area (Å²) in [5.41, 5.74) is 0.245. The van der Waals surface area contributed by atoms with Crippen LogP contribution in [0, 0.1) is 11.7 Å². The van der Waals surface area contributed by atoms with Crippen LogP contribution in [0.2, 0.25) is 0 Å². The van der Waals surface area contributed by atoms with Crippen molar-refractivity contribution in [1.29, 1.82) is 0 Å². The summed E-state index contributed by atoms with van der Waals surface area (Å²) in [5, 5.41) is 6.72. The van der Waals surface area contributed by atoms with E-state index in [4.69, 9.17) is 4.74 Å². The first-order valence-electron chi connectivity index (χ1n) is 17.7. The molecule has 7 rings (SSSR count). The van der Waals surface area contributed by atoms with Crippen molar-refractivity contribution < 1.29 is 31.9 Å². The molecular formula is C36H44FN5O6S2. The number of nitrogens with zero attached hydrogens (tertiary/aromatic N) is 2. The number of nitrogens with one attached hydrogen (secondary N) is 3. The van der Waals surface area contributed by atoms with E-state index in [2.05, 4.69) is 20.3 Å². The van der Waals surface area contributed by atoms with Crippen LogP contribution >= 0.6 is 11.3 Å². The van der Waals surface area contributed by atoms with Crippen molar-refractivity contribution in [3.8, 4) is 5.19 Å². The van der Waals surface area contributed by atoms with Gasteiger partial charge in [-0.25, -0.2) is 17.8 Å². The van der Waals surface area contributed by atoms with Crippen LogP contribution in [0.4, 0.5) is 4.39 Å². The van der Waals surface area contributed by atoms with Gasteiger partial charge in [-0.3, -0.25) is 19.1 Å². The first-order valence-corrected chi connectivity index (χ1v) is 20.0. The van der Waals surface area contributed by atoms with Crippen molar-refractivity contribution in [2.45, 2.75) is 113 Å². The van der Waals surface area contributed by atoms with Gasteiger partial charge in [0.2, 0.25) is 21.8 Å². The van der Waals surface area contributed by atoms with E-state index in [-0.39, 0.29) is 30.6 Å². The van der Waals surface area contributed by atoms with E-state index in [1.807, 2.05) is 30.3 Å². The molecule has 2 aliphatic carbocycles. The molecule has 0 radical (unpaired) electrons. The zero-order chi connectivity index (χ0) is 35.1. The Labute approximate surface area is 295 Å². The summed E-state index contributed by atoms with van der Waals surface area (Å²) < 4.78 is 48.3. The Hall–Kier alpha value is -3.62. The summed E-state index contributed by atoms with van der Waals surface area (Å²) in [5.74, 6) is -2.05. The molecule has 3 aromatic rings. The highest BCUT2D eigenvalue weighted by Gasteiger charge is 2.63. The Bertz CT molecular complexity index is 1870. The predicted molar refractivity (Wildman–Crippen MR) is 187 cm³/mol. The molecule has 4 aliphatic rings. The number of hydrogen-bond acceptors (Lipinski definition) is 9. The lowest BCUT2D eigenvalue weighted by Gasteiger charge is -2.30. The summed E-state index contributed by atoms with van der Waals surface area (Å²) >= 11 is 1.19. The SMILES string of the molecule is CC1(S(=O)(=O)NC(=O)[C@@]23C[C@H]2CCCCCCC[C@H](NCc2ccccc2)C(=O)N2C[C@H](Oc4nc5ccc(F)cc5s4)C[C@H]2C(=O)N3)CC1. The minimum absolute atomic E-state index is 0.111. The van der Waals surface area contributed by atoms with Gasteiger partial charge in [0, 0.05) is 13.0 Å². The largest absolute Gasteiger partial charge is 0.465 e. The van der Waals surface area contributed by atoms with E-state index in [0.29, 0.717) is 54.1 Å². The lowest BCUT2D eigenvalue weighted by atomic mass is 10.0. The quantitative estimate of drug-likeness (QED) is 0.307. The Balaban J connectivity index is 1.16. The minimum Gasteiger partial charge on any atom is -0.465 e. The number of ether oxygens (including phenoxy) is 1.